The molecule has 0 amide bonds. The van der Waals surface area contributed by atoms with Crippen molar-refractivity contribution < 1.29 is 9.53 Å². The van der Waals surface area contributed by atoms with Crippen LogP contribution in [0.2, 0.25) is 0 Å². The molecule has 0 aliphatic heterocycles. The van der Waals surface area contributed by atoms with Crippen molar-refractivity contribution in [1.82, 2.24) is 0 Å². The summed E-state index contributed by atoms with van der Waals surface area (Å²) in [6.07, 6.45) is 0. The summed E-state index contributed by atoms with van der Waals surface area (Å²) >= 11 is 3.77. The molecule has 0 N–H and O–H groups in total. The van der Waals surface area contributed by atoms with Crippen LogP contribution in [0.5, 0.6) is 0 Å². The van der Waals surface area contributed by atoms with E-state index in [9.17, 15) is 4.79 Å². The van der Waals surface area contributed by atoms with Gasteiger partial charge >= 0.3 is 164 Å². The number of hydrogen-bond donors (Lipinski definition) is 0. The van der Waals surface area contributed by atoms with Gasteiger partial charge in [0.05, 0.1) is 0 Å². The maximum absolute atomic E-state index is 12.9. The fourth-order valence-electron chi connectivity index (χ4n) is 3.43. The Morgan fingerprint density at radius 2 is 1.15 bits per heavy atom. The minimum absolute atomic E-state index is 0.212. The zero-order valence-electron chi connectivity index (χ0n) is 14.6. The van der Waals surface area contributed by atoms with Gasteiger partial charge in [0.1, 0.15) is 0 Å². The van der Waals surface area contributed by atoms with Gasteiger partial charge < -0.3 is 0 Å². The number of hydrogen-bond acceptors (Lipinski definition) is 2. The minimum atomic E-state index is -2.69. The molecule has 0 saturated heterocycles. The van der Waals surface area contributed by atoms with E-state index in [0.29, 0.717) is 6.61 Å². The Bertz CT molecular complexity index is 741. The van der Waals surface area contributed by atoms with E-state index in [-0.39, 0.29) is 5.97 Å². The van der Waals surface area contributed by atoms with Crippen LogP contribution in [0, 0.1) is 0 Å². The number of rotatable bonds is 6. The molecule has 0 saturated carbocycles. The van der Waals surface area contributed by atoms with E-state index >= 15 is 0 Å². The molecule has 0 fully saturated rings. The standard InChI is InChI=1S/C22H22BrO2P/c1-2-25-22(24)21(23)26(18-12-6-3-7-13-18,19-14-8-4-9-15-19)20-16-10-5-11-17-20/h3-17,21,26H,2H2,1H3. The van der Waals surface area contributed by atoms with Gasteiger partial charge in [0, 0.05) is 0 Å². The number of alkyl halides is 1. The molecule has 0 bridgehead atoms. The molecule has 134 valence electrons. The quantitative estimate of drug-likeness (QED) is 0.337. The summed E-state index contributed by atoms with van der Waals surface area (Å²) in [5.74, 6) is -0.212. The van der Waals surface area contributed by atoms with Crippen molar-refractivity contribution >= 4 is 45.1 Å². The fourth-order valence-corrected chi connectivity index (χ4v) is 10.4. The van der Waals surface area contributed by atoms with Gasteiger partial charge in [-0.2, -0.15) is 0 Å². The summed E-state index contributed by atoms with van der Waals surface area (Å²) < 4.78 is 4.99. The monoisotopic (exact) mass is 428 g/mol. The number of halogens is 1. The van der Waals surface area contributed by atoms with E-state index in [2.05, 4.69) is 52.3 Å². The van der Waals surface area contributed by atoms with Gasteiger partial charge in [-0.3, -0.25) is 0 Å². The first-order valence-corrected chi connectivity index (χ1v) is 11.7. The van der Waals surface area contributed by atoms with Gasteiger partial charge in [-0.25, -0.2) is 0 Å². The Balaban J connectivity index is 2.33. The summed E-state index contributed by atoms with van der Waals surface area (Å²) in [7, 11) is -2.69. The topological polar surface area (TPSA) is 26.3 Å². The summed E-state index contributed by atoms with van der Waals surface area (Å²) in [4.78, 5) is 12.9. The Morgan fingerprint density at radius 1 is 0.808 bits per heavy atom. The van der Waals surface area contributed by atoms with E-state index in [1.807, 2.05) is 61.5 Å². The van der Waals surface area contributed by atoms with Gasteiger partial charge in [0.2, 0.25) is 0 Å². The van der Waals surface area contributed by atoms with Crippen molar-refractivity contribution in [3.63, 3.8) is 0 Å². The van der Waals surface area contributed by atoms with Crippen molar-refractivity contribution in [2.45, 2.75) is 11.5 Å². The van der Waals surface area contributed by atoms with Crippen molar-refractivity contribution in [1.29, 1.82) is 0 Å². The average molecular weight is 429 g/mol. The first kappa shape index (κ1) is 18.8. The Morgan fingerprint density at radius 3 is 1.46 bits per heavy atom. The van der Waals surface area contributed by atoms with Crippen LogP contribution in [0.1, 0.15) is 6.92 Å². The summed E-state index contributed by atoms with van der Waals surface area (Å²) in [6, 6.07) is 31.0. The van der Waals surface area contributed by atoms with Crippen molar-refractivity contribution in [3.8, 4) is 0 Å². The maximum atomic E-state index is 12.9. The van der Waals surface area contributed by atoms with Crippen LogP contribution in [0.15, 0.2) is 91.0 Å². The first-order chi connectivity index (χ1) is 12.7. The second kappa shape index (κ2) is 8.62. The van der Waals surface area contributed by atoms with Crippen molar-refractivity contribution in [2.75, 3.05) is 6.61 Å². The van der Waals surface area contributed by atoms with E-state index in [1.165, 1.54) is 15.9 Å². The average Bonchev–Trinajstić information content (AvgIpc) is 2.71. The van der Waals surface area contributed by atoms with Gasteiger partial charge in [0.15, 0.2) is 0 Å². The Hall–Kier alpha value is -1.96. The molecule has 3 aromatic carbocycles. The van der Waals surface area contributed by atoms with Gasteiger partial charge in [-0.1, -0.05) is 0 Å². The number of carbonyl (C=O) groups excluding carboxylic acids is 1. The number of benzene rings is 3. The van der Waals surface area contributed by atoms with Crippen LogP contribution in [-0.4, -0.2) is 17.1 Å². The SMILES string of the molecule is CCOC(=O)C(Br)[PH](c1ccccc1)(c1ccccc1)c1ccccc1. The molecule has 3 aromatic rings. The fraction of sp³-hybridized carbons (Fsp3) is 0.136. The van der Waals surface area contributed by atoms with Crippen molar-refractivity contribution in [3.05, 3.63) is 91.0 Å². The molecule has 0 aromatic heterocycles. The van der Waals surface area contributed by atoms with Crippen LogP contribution in [-0.2, 0) is 9.53 Å². The summed E-state index contributed by atoms with van der Waals surface area (Å²) in [5, 5.41) is 3.52. The molecule has 0 aliphatic rings. The second-order valence-corrected chi connectivity index (χ2v) is 11.7. The van der Waals surface area contributed by atoms with Gasteiger partial charge in [0.25, 0.3) is 0 Å². The van der Waals surface area contributed by atoms with E-state index in [1.54, 1.807) is 0 Å². The van der Waals surface area contributed by atoms with Crippen LogP contribution >= 0.6 is 23.2 Å². The molecule has 2 nitrogen and oxygen atoms in total. The predicted octanol–water partition coefficient (Wildman–Crippen LogP) is 4.00. The third kappa shape index (κ3) is 3.47. The molecule has 0 heterocycles. The molecule has 1 atom stereocenters. The number of ether oxygens (including phenoxy) is 1. The molecule has 3 rings (SSSR count). The van der Waals surface area contributed by atoms with E-state index in [0.717, 1.165) is 0 Å². The Kier molecular flexibility index (Phi) is 6.24. The van der Waals surface area contributed by atoms with E-state index in [4.69, 9.17) is 4.74 Å². The van der Waals surface area contributed by atoms with Crippen LogP contribution in [0.4, 0.5) is 0 Å². The molecule has 0 radical (unpaired) electrons. The third-order valence-corrected chi connectivity index (χ3v) is 11.7. The number of esters is 1. The third-order valence-electron chi connectivity index (χ3n) is 4.56. The molecule has 4 heteroatoms. The van der Waals surface area contributed by atoms with Gasteiger partial charge in [-0.15, -0.1) is 0 Å². The van der Waals surface area contributed by atoms with Crippen LogP contribution < -0.4 is 15.9 Å². The zero-order chi connectivity index (χ0) is 18.4. The van der Waals surface area contributed by atoms with Gasteiger partial charge in [-0.05, 0) is 0 Å². The molecule has 26 heavy (non-hydrogen) atoms. The summed E-state index contributed by atoms with van der Waals surface area (Å²) in [6.45, 7) is 2.21. The van der Waals surface area contributed by atoms with Crippen molar-refractivity contribution in [2.24, 2.45) is 0 Å². The molecular weight excluding hydrogens is 407 g/mol. The molecule has 1 unspecified atom stereocenters. The second-order valence-electron chi connectivity index (χ2n) is 6.02. The first-order valence-electron chi connectivity index (χ1n) is 8.68. The number of carbonyl (C=O) groups is 1. The summed E-state index contributed by atoms with van der Waals surface area (Å²) in [5.41, 5.74) is 0. The molecular formula is C22H22BrO2P. The molecule has 0 spiro atoms. The van der Waals surface area contributed by atoms with E-state index < -0.39 is 11.8 Å². The molecule has 0 aliphatic carbocycles. The Labute approximate surface area is 163 Å². The van der Waals surface area contributed by atoms with Crippen LogP contribution in [0.3, 0.4) is 0 Å². The normalized spacial score (nSPS) is 13.0. The predicted molar refractivity (Wildman–Crippen MR) is 116 cm³/mol. The zero-order valence-corrected chi connectivity index (χ0v) is 17.2. The van der Waals surface area contributed by atoms with Crippen LogP contribution in [0.25, 0.3) is 0 Å².